The van der Waals surface area contributed by atoms with Crippen molar-refractivity contribution < 1.29 is 9.47 Å². The number of hydrogen-bond donors (Lipinski definition) is 0. The van der Waals surface area contributed by atoms with E-state index in [0.29, 0.717) is 6.61 Å². The van der Waals surface area contributed by atoms with Gasteiger partial charge in [0.1, 0.15) is 18.0 Å². The summed E-state index contributed by atoms with van der Waals surface area (Å²) < 4.78 is 11.1. The molecule has 1 aliphatic heterocycles. The Morgan fingerprint density at radius 3 is 2.11 bits per heavy atom. The molecule has 2 rings (SSSR count). The second-order valence-corrected chi connectivity index (χ2v) is 8.30. The van der Waals surface area contributed by atoms with E-state index in [1.165, 1.54) is 82.6 Å². The normalized spacial score (nSPS) is 18.9. The number of ether oxygens (including phenoxy) is 2. The highest BCUT2D eigenvalue weighted by atomic mass is 16.6. The number of benzene rings is 1. The van der Waals surface area contributed by atoms with Crippen molar-refractivity contribution in [3.63, 3.8) is 0 Å². The molecule has 1 unspecified atom stereocenters. The van der Waals surface area contributed by atoms with Crippen LogP contribution in [0, 0.1) is 0 Å². The SMILES string of the molecule is CCCC/C=C/CCCCCCCCCc1ccc(OCC2(C)CO2)cc1. The average molecular weight is 373 g/mol. The summed E-state index contributed by atoms with van der Waals surface area (Å²) in [5, 5.41) is 0. The first-order valence-electron chi connectivity index (χ1n) is 11.2. The Bertz CT molecular complexity index is 514. The van der Waals surface area contributed by atoms with Crippen molar-refractivity contribution in [3.8, 4) is 5.75 Å². The lowest BCUT2D eigenvalue weighted by molar-refractivity contribution is 0.202. The lowest BCUT2D eigenvalue weighted by Gasteiger charge is -2.09. The second kappa shape index (κ2) is 13.0. The zero-order valence-corrected chi connectivity index (χ0v) is 17.7. The highest BCUT2D eigenvalue weighted by molar-refractivity contribution is 5.27. The number of rotatable bonds is 16. The topological polar surface area (TPSA) is 21.8 Å². The molecule has 1 saturated heterocycles. The van der Waals surface area contributed by atoms with Crippen LogP contribution in [0.1, 0.15) is 90.0 Å². The maximum Gasteiger partial charge on any atom is 0.123 e. The van der Waals surface area contributed by atoms with E-state index >= 15 is 0 Å². The van der Waals surface area contributed by atoms with Crippen molar-refractivity contribution in [1.29, 1.82) is 0 Å². The van der Waals surface area contributed by atoms with Gasteiger partial charge in [0, 0.05) is 0 Å². The molecule has 0 aromatic heterocycles. The summed E-state index contributed by atoms with van der Waals surface area (Å²) in [6.45, 7) is 5.82. The molecule has 1 aliphatic rings. The summed E-state index contributed by atoms with van der Waals surface area (Å²) in [6, 6.07) is 8.61. The molecule has 0 N–H and O–H groups in total. The van der Waals surface area contributed by atoms with Crippen LogP contribution < -0.4 is 4.74 Å². The van der Waals surface area contributed by atoms with Gasteiger partial charge in [0.2, 0.25) is 0 Å². The molecule has 1 fully saturated rings. The Kier molecular flexibility index (Phi) is 10.6. The monoisotopic (exact) mass is 372 g/mol. The number of unbranched alkanes of at least 4 members (excludes halogenated alkanes) is 9. The van der Waals surface area contributed by atoms with Gasteiger partial charge in [-0.1, -0.05) is 76.2 Å². The molecule has 0 spiro atoms. The van der Waals surface area contributed by atoms with Crippen molar-refractivity contribution in [1.82, 2.24) is 0 Å². The van der Waals surface area contributed by atoms with Crippen LogP contribution in [0.2, 0.25) is 0 Å². The van der Waals surface area contributed by atoms with Crippen LogP contribution in [0.4, 0.5) is 0 Å². The van der Waals surface area contributed by atoms with E-state index in [2.05, 4.69) is 50.3 Å². The molecule has 1 atom stereocenters. The molecule has 27 heavy (non-hydrogen) atoms. The van der Waals surface area contributed by atoms with Gasteiger partial charge in [0.05, 0.1) is 6.61 Å². The van der Waals surface area contributed by atoms with Gasteiger partial charge in [0.25, 0.3) is 0 Å². The van der Waals surface area contributed by atoms with E-state index < -0.39 is 0 Å². The lowest BCUT2D eigenvalue weighted by Crippen LogP contribution is -2.16. The molecule has 0 aliphatic carbocycles. The summed E-state index contributed by atoms with van der Waals surface area (Å²) in [4.78, 5) is 0. The first-order chi connectivity index (χ1) is 13.2. The molecule has 1 aromatic carbocycles. The molecule has 1 heterocycles. The van der Waals surface area contributed by atoms with Gasteiger partial charge >= 0.3 is 0 Å². The minimum absolute atomic E-state index is 0.0377. The van der Waals surface area contributed by atoms with Crippen LogP contribution in [0.3, 0.4) is 0 Å². The van der Waals surface area contributed by atoms with Gasteiger partial charge in [0.15, 0.2) is 0 Å². The van der Waals surface area contributed by atoms with Crippen LogP contribution in [0.25, 0.3) is 0 Å². The van der Waals surface area contributed by atoms with E-state index in [-0.39, 0.29) is 5.60 Å². The van der Waals surface area contributed by atoms with E-state index in [4.69, 9.17) is 9.47 Å². The molecular formula is C25H40O2. The molecule has 2 nitrogen and oxygen atoms in total. The fourth-order valence-electron chi connectivity index (χ4n) is 3.23. The van der Waals surface area contributed by atoms with Crippen molar-refractivity contribution in [2.24, 2.45) is 0 Å². The first kappa shape index (κ1) is 22.0. The first-order valence-corrected chi connectivity index (χ1v) is 11.2. The van der Waals surface area contributed by atoms with Crippen LogP contribution >= 0.6 is 0 Å². The van der Waals surface area contributed by atoms with Crippen LogP contribution in [-0.2, 0) is 11.2 Å². The smallest absolute Gasteiger partial charge is 0.123 e. The lowest BCUT2D eigenvalue weighted by atomic mass is 10.0. The largest absolute Gasteiger partial charge is 0.491 e. The molecule has 0 radical (unpaired) electrons. The highest BCUT2D eigenvalue weighted by Crippen LogP contribution is 2.27. The summed E-state index contributed by atoms with van der Waals surface area (Å²) >= 11 is 0. The zero-order chi connectivity index (χ0) is 19.2. The molecular weight excluding hydrogens is 332 g/mol. The Balaban J connectivity index is 1.40. The van der Waals surface area contributed by atoms with Gasteiger partial charge in [-0.05, 0) is 56.7 Å². The van der Waals surface area contributed by atoms with Crippen molar-refractivity contribution in [2.75, 3.05) is 13.2 Å². The maximum absolute atomic E-state index is 5.78. The Hall–Kier alpha value is -1.28. The van der Waals surface area contributed by atoms with Crippen molar-refractivity contribution in [3.05, 3.63) is 42.0 Å². The third-order valence-corrected chi connectivity index (χ3v) is 5.33. The quantitative estimate of drug-likeness (QED) is 0.173. The minimum Gasteiger partial charge on any atom is -0.491 e. The Morgan fingerprint density at radius 2 is 1.48 bits per heavy atom. The third kappa shape index (κ3) is 10.6. The van der Waals surface area contributed by atoms with Crippen molar-refractivity contribution in [2.45, 2.75) is 96.5 Å². The predicted octanol–water partition coefficient (Wildman–Crippen LogP) is 7.26. The Morgan fingerprint density at radius 1 is 0.889 bits per heavy atom. The van der Waals surface area contributed by atoms with Crippen LogP contribution in [0.15, 0.2) is 36.4 Å². The number of allylic oxidation sites excluding steroid dienone is 2. The fourth-order valence-corrected chi connectivity index (χ4v) is 3.23. The number of hydrogen-bond acceptors (Lipinski definition) is 2. The van der Waals surface area contributed by atoms with Gasteiger partial charge in [-0.3, -0.25) is 0 Å². The minimum atomic E-state index is -0.0377. The van der Waals surface area contributed by atoms with E-state index in [9.17, 15) is 0 Å². The van der Waals surface area contributed by atoms with Gasteiger partial charge in [-0.2, -0.15) is 0 Å². The van der Waals surface area contributed by atoms with Gasteiger partial charge in [-0.15, -0.1) is 0 Å². The number of epoxide rings is 1. The molecule has 0 bridgehead atoms. The van der Waals surface area contributed by atoms with Gasteiger partial charge < -0.3 is 9.47 Å². The zero-order valence-electron chi connectivity index (χ0n) is 17.7. The maximum atomic E-state index is 5.78. The molecule has 1 aromatic rings. The van der Waals surface area contributed by atoms with E-state index in [0.717, 1.165) is 12.4 Å². The van der Waals surface area contributed by atoms with Crippen molar-refractivity contribution >= 4 is 0 Å². The van der Waals surface area contributed by atoms with E-state index in [1.54, 1.807) is 0 Å². The summed E-state index contributed by atoms with van der Waals surface area (Å²) in [6.07, 6.45) is 20.7. The standard InChI is InChI=1S/C25H40O2/c1-3-4-5-6-7-8-9-10-11-12-13-14-15-16-23-17-19-24(20-18-23)26-21-25(2)22-27-25/h6-7,17-20H,3-5,8-16,21-22H2,1-2H3/b7-6+. The summed E-state index contributed by atoms with van der Waals surface area (Å²) in [5.74, 6) is 0.954. The van der Waals surface area contributed by atoms with Gasteiger partial charge in [-0.25, -0.2) is 0 Å². The molecule has 2 heteroatoms. The predicted molar refractivity (Wildman–Crippen MR) is 116 cm³/mol. The third-order valence-electron chi connectivity index (χ3n) is 5.33. The number of aryl methyl sites for hydroxylation is 1. The van der Waals surface area contributed by atoms with Crippen LogP contribution in [-0.4, -0.2) is 18.8 Å². The highest BCUT2D eigenvalue weighted by Gasteiger charge is 2.40. The summed E-state index contributed by atoms with van der Waals surface area (Å²) in [5.41, 5.74) is 1.38. The molecule has 0 amide bonds. The Labute approximate surface area is 167 Å². The average Bonchev–Trinajstić information content (AvgIpc) is 3.42. The summed E-state index contributed by atoms with van der Waals surface area (Å²) in [7, 11) is 0. The fraction of sp³-hybridized carbons (Fsp3) is 0.680. The second-order valence-electron chi connectivity index (χ2n) is 8.30. The molecule has 0 saturated carbocycles. The van der Waals surface area contributed by atoms with E-state index in [1.807, 2.05) is 0 Å². The van der Waals surface area contributed by atoms with Crippen LogP contribution in [0.5, 0.6) is 5.75 Å². The molecule has 152 valence electrons.